The van der Waals surface area contributed by atoms with E-state index < -0.39 is 109 Å². The number of aliphatic hydroxyl groups is 4. The van der Waals surface area contributed by atoms with E-state index in [4.69, 9.17) is 55.4 Å². The Bertz CT molecular complexity index is 3660. The molecule has 0 spiro atoms. The van der Waals surface area contributed by atoms with E-state index in [9.17, 15) is 83.1 Å². The van der Waals surface area contributed by atoms with Crippen molar-refractivity contribution < 1.29 is 138 Å². The van der Waals surface area contributed by atoms with E-state index in [1.54, 1.807) is 55.4 Å². The first-order chi connectivity index (χ1) is 67.7. The van der Waals surface area contributed by atoms with Crippen LogP contribution in [0.25, 0.3) is 0 Å². The van der Waals surface area contributed by atoms with Gasteiger partial charge < -0.3 is 81.0 Å². The largest absolute Gasteiger partial charge is 0.481 e. The molecular formula is C117H206O28. The number of hydrogen-bond acceptors (Lipinski definition) is 18. The zero-order valence-electron chi connectivity index (χ0n) is 92.9. The number of carbonyl (C=O) groups is 12. The maximum Gasteiger partial charge on any atom is 0.312 e. The van der Waals surface area contributed by atoms with Gasteiger partial charge in [0.2, 0.25) is 0 Å². The van der Waals surface area contributed by atoms with Crippen molar-refractivity contribution in [2.24, 2.45) is 65.0 Å². The normalized spacial score (nSPS) is 18.3. The summed E-state index contributed by atoms with van der Waals surface area (Å²) in [7, 11) is 0. The van der Waals surface area contributed by atoms with Crippen molar-refractivity contribution in [1.29, 1.82) is 0 Å². The fraction of sp³-hybridized carbons (Fsp3) is 0.897. The van der Waals surface area contributed by atoms with Crippen LogP contribution < -0.4 is 0 Å². The van der Waals surface area contributed by atoms with Gasteiger partial charge in [0.1, 0.15) is 11.2 Å². The third-order valence-corrected chi connectivity index (χ3v) is 33.2. The lowest BCUT2D eigenvalue weighted by atomic mass is 9.66. The monoisotopic (exact) mass is 2060 g/mol. The second kappa shape index (κ2) is 63.7. The highest BCUT2D eigenvalue weighted by molar-refractivity contribution is 5.82. The topological polar surface area (TPSA) is 507 Å². The molecule has 8 saturated carbocycles. The van der Waals surface area contributed by atoms with Gasteiger partial charge in [0.15, 0.2) is 0 Å². The van der Waals surface area contributed by atoms with Gasteiger partial charge in [-0.3, -0.25) is 57.5 Å². The second-order valence-corrected chi connectivity index (χ2v) is 50.8. The Morgan fingerprint density at radius 3 is 0.483 bits per heavy atom. The number of rotatable bonds is 78. The Morgan fingerprint density at radius 1 is 0.193 bits per heavy atom. The van der Waals surface area contributed by atoms with E-state index in [-0.39, 0.29) is 63.4 Å². The van der Waals surface area contributed by atoms with Gasteiger partial charge in [-0.25, -0.2) is 0 Å². The molecule has 0 bridgehead atoms. The molecule has 28 nitrogen and oxygen atoms in total. The van der Waals surface area contributed by atoms with Gasteiger partial charge in [-0.1, -0.05) is 238 Å². The maximum atomic E-state index is 12.4. The summed E-state index contributed by atoms with van der Waals surface area (Å²) in [5.74, 6) is -6.83. The molecule has 8 aliphatic carbocycles. The van der Waals surface area contributed by atoms with Gasteiger partial charge in [-0.2, -0.15) is 0 Å². The Kier molecular flexibility index (Phi) is 58.3. The number of carboxylic acids is 10. The Labute approximate surface area is 871 Å². The van der Waals surface area contributed by atoms with E-state index >= 15 is 0 Å². The summed E-state index contributed by atoms with van der Waals surface area (Å²) in [6.45, 7) is 25.5. The SMILES string of the molecule is CC(C)(C)OC(=O)C1(CCCCCC(O)CCCCCC2(C(=O)OC(C)(C)C)CC2)CC1.CC(C)(CCCCC(O)CCCCC1(C(=O)O)CC1)C(=O)O.CC(C)(CCCCC(O)CCCCC1(C(=O)O)CCC1)C(=O)O.CC(C)(CCCCCC(O)CCCCCC1(C(=O)O)CC1)C(=O)O.CC(C)(CCCCCCCCCCCC1(C(=O)O)CC1)C(=O)O.O=C(O)C1(CCCCCCCCCC2(C(=O)O)CC2)CC1. The number of esters is 2. The maximum absolute atomic E-state index is 12.4. The molecule has 0 radical (unpaired) electrons. The second-order valence-electron chi connectivity index (χ2n) is 50.8. The molecule has 0 aromatic heterocycles. The van der Waals surface area contributed by atoms with Crippen LogP contribution in [0.3, 0.4) is 0 Å². The van der Waals surface area contributed by atoms with Crippen LogP contribution >= 0.6 is 0 Å². The van der Waals surface area contributed by atoms with Crippen molar-refractivity contribution in [2.45, 2.75) is 601 Å². The van der Waals surface area contributed by atoms with Crippen molar-refractivity contribution in [3.63, 3.8) is 0 Å². The van der Waals surface area contributed by atoms with Crippen LogP contribution in [0.1, 0.15) is 566 Å². The summed E-state index contributed by atoms with van der Waals surface area (Å²) in [4.78, 5) is 135. The first kappa shape index (κ1) is 133. The molecule has 0 aromatic rings. The molecule has 8 fully saturated rings. The van der Waals surface area contributed by atoms with Crippen LogP contribution in [0, 0.1) is 65.0 Å². The number of hydrogen-bond donors (Lipinski definition) is 14. The first-order valence-electron chi connectivity index (χ1n) is 57.2. The van der Waals surface area contributed by atoms with Crippen molar-refractivity contribution in [3.05, 3.63) is 0 Å². The molecule has 3 atom stereocenters. The summed E-state index contributed by atoms with van der Waals surface area (Å²) >= 11 is 0. The molecule has 0 aliphatic heterocycles. The van der Waals surface area contributed by atoms with Gasteiger partial charge in [-0.15, -0.1) is 0 Å². The summed E-state index contributed by atoms with van der Waals surface area (Å²) in [6, 6.07) is 0. The number of ether oxygens (including phenoxy) is 2. The number of carbonyl (C=O) groups excluding carboxylic acids is 2. The minimum absolute atomic E-state index is 0.0234. The number of carboxylic acid groups (broad SMARTS) is 10. The van der Waals surface area contributed by atoms with Gasteiger partial charge in [0.05, 0.1) is 89.4 Å². The lowest BCUT2D eigenvalue weighted by Gasteiger charge is -2.37. The predicted octanol–water partition coefficient (Wildman–Crippen LogP) is 27.5. The Hall–Kier alpha value is -6.52. The van der Waals surface area contributed by atoms with Crippen molar-refractivity contribution in [1.82, 2.24) is 0 Å². The molecule has 28 heteroatoms. The molecule has 8 aliphatic rings. The molecule has 842 valence electrons. The standard InChI is InChI=1S/C27H48O5.C19H34O5.C19H34O4.C18H32O5.C17H30O5.C17H28O4/c1-24(2,3)31-22(29)26(17-18-26)15-11-7-9-13-21(28)14-10-8-12-16-27(19-20-27)23(30)32-25(4,5)6;1-18(2,16(21)22)11-7-3-5-9-15(20)10-6-4-8-12-19(13-14-19)17(23)24;1-18(2,16(20)21)12-10-8-6-4-3-5-7-9-11-13-19(14-15-19)17(22)23;1-17(2,15(20)21)10-5-3-8-14(19)9-4-6-11-18(16(22)23)12-7-13-18;1-16(2,14(19)20)9-5-3-7-13(18)8-4-6-10-17(11-12-17)15(21)22;18-14(19)16(10-11-16)8-6-4-2-1-3-5-7-9-17(12-13-17)15(20)21/h21,28H,7-20H2,1-6H3;15,20H,3-14H2,1-2H3,(H,21,22)(H,23,24);3-15H2,1-2H3,(H,20,21)(H,22,23);14,19H,3-13H2,1-2H3,(H,20,21)(H,22,23);13,18H,3-12H2,1-2H3,(H,19,20)(H,21,22);1-13H2,(H,18,19)(H,20,21). The zero-order valence-corrected chi connectivity index (χ0v) is 92.9. The molecule has 0 saturated heterocycles. The summed E-state index contributed by atoms with van der Waals surface area (Å²) < 4.78 is 11.2. The van der Waals surface area contributed by atoms with Crippen LogP contribution in [0.15, 0.2) is 0 Å². The smallest absolute Gasteiger partial charge is 0.312 e. The quantitative estimate of drug-likeness (QED) is 0.0199. The lowest BCUT2D eigenvalue weighted by Crippen LogP contribution is -2.37. The highest BCUT2D eigenvalue weighted by Crippen LogP contribution is 2.56. The minimum atomic E-state index is -0.777. The third-order valence-electron chi connectivity index (χ3n) is 33.2. The molecule has 0 amide bonds. The van der Waals surface area contributed by atoms with Crippen molar-refractivity contribution >= 4 is 71.6 Å². The zero-order chi connectivity index (χ0) is 109. The van der Waals surface area contributed by atoms with Gasteiger partial charge in [0, 0.05) is 0 Å². The number of aliphatic carboxylic acids is 10. The molecular weight excluding hydrogens is 1850 g/mol. The van der Waals surface area contributed by atoms with Gasteiger partial charge in [0.25, 0.3) is 0 Å². The average molecular weight is 2060 g/mol. The molecule has 145 heavy (non-hydrogen) atoms. The Morgan fingerprint density at radius 2 is 0.324 bits per heavy atom. The molecule has 0 aromatic carbocycles. The van der Waals surface area contributed by atoms with Crippen LogP contribution in [0.4, 0.5) is 0 Å². The van der Waals surface area contributed by atoms with Crippen molar-refractivity contribution in [3.8, 4) is 0 Å². The van der Waals surface area contributed by atoms with Crippen LogP contribution in [-0.4, -0.2) is 179 Å². The number of aliphatic hydroxyl groups excluding tert-OH is 4. The fourth-order valence-corrected chi connectivity index (χ4v) is 19.8. The average Bonchev–Trinajstić information content (AvgIpc) is 1.61. The number of unbranched alkanes of at least 4 members (excludes halogenated alkanes) is 26. The molecule has 14 N–H and O–H groups in total. The summed E-state index contributed by atoms with van der Waals surface area (Å²) in [5, 5.41) is 131. The van der Waals surface area contributed by atoms with Gasteiger partial charge in [-0.05, 0) is 328 Å². The van der Waals surface area contributed by atoms with Crippen LogP contribution in [0.5, 0.6) is 0 Å². The first-order valence-corrected chi connectivity index (χ1v) is 57.2. The van der Waals surface area contributed by atoms with Crippen molar-refractivity contribution in [2.75, 3.05) is 0 Å². The molecule has 0 heterocycles. The van der Waals surface area contributed by atoms with E-state index in [1.807, 2.05) is 41.5 Å². The van der Waals surface area contributed by atoms with E-state index in [1.165, 1.54) is 51.4 Å². The Balaban J connectivity index is 0.000000450. The molecule has 3 unspecified atom stereocenters. The lowest BCUT2D eigenvalue weighted by molar-refractivity contribution is -0.163. The summed E-state index contributed by atoms with van der Waals surface area (Å²) in [6.07, 6.45) is 65.8. The summed E-state index contributed by atoms with van der Waals surface area (Å²) in [5.41, 5.74) is -6.29. The van der Waals surface area contributed by atoms with E-state index in [0.717, 1.165) is 372 Å². The predicted molar refractivity (Wildman–Crippen MR) is 564 cm³/mol. The van der Waals surface area contributed by atoms with E-state index in [2.05, 4.69) is 0 Å². The highest BCUT2D eigenvalue weighted by atomic mass is 16.6. The van der Waals surface area contributed by atoms with Crippen LogP contribution in [-0.2, 0) is 67.0 Å². The van der Waals surface area contributed by atoms with Gasteiger partial charge >= 0.3 is 71.6 Å². The van der Waals surface area contributed by atoms with Crippen LogP contribution in [0.2, 0.25) is 0 Å². The fourth-order valence-electron chi connectivity index (χ4n) is 19.8. The minimum Gasteiger partial charge on any atom is -0.481 e. The molecule has 8 rings (SSSR count). The van der Waals surface area contributed by atoms with E-state index in [0.29, 0.717) is 44.9 Å². The highest BCUT2D eigenvalue weighted by Gasteiger charge is 2.55. The third kappa shape index (κ3) is 53.8.